The van der Waals surface area contributed by atoms with Crippen LogP contribution in [0.5, 0.6) is 11.5 Å². The van der Waals surface area contributed by atoms with E-state index in [1.807, 2.05) is 73.7 Å². The van der Waals surface area contributed by atoms with Crippen molar-refractivity contribution in [1.82, 2.24) is 0 Å². The van der Waals surface area contributed by atoms with Gasteiger partial charge in [-0.2, -0.15) is 0 Å². The predicted molar refractivity (Wildman–Crippen MR) is 133 cm³/mol. The predicted octanol–water partition coefficient (Wildman–Crippen LogP) is 7.54. The maximum Gasteiger partial charge on any atom is 0.143 e. The minimum atomic E-state index is -0.396. The van der Waals surface area contributed by atoms with Crippen molar-refractivity contribution in [1.29, 1.82) is 0 Å². The molecule has 0 aliphatic rings. The van der Waals surface area contributed by atoms with Gasteiger partial charge in [0.25, 0.3) is 0 Å². The number of ether oxygens (including phenoxy) is 2. The summed E-state index contributed by atoms with van der Waals surface area (Å²) in [6.07, 6.45) is 2.15. The Morgan fingerprint density at radius 3 is 2.33 bits per heavy atom. The molecule has 3 heteroatoms. The molecule has 0 aliphatic carbocycles. The van der Waals surface area contributed by atoms with Crippen LogP contribution in [0.15, 0.2) is 72.8 Å². The van der Waals surface area contributed by atoms with Crippen LogP contribution >= 0.6 is 0 Å². The van der Waals surface area contributed by atoms with Crippen LogP contribution in [0, 0.1) is 24.6 Å². The number of methoxy groups -OCH3 is 1. The molecule has 166 valence electrons. The normalized spacial score (nSPS) is 10.5. The zero-order chi connectivity index (χ0) is 23.2. The van der Waals surface area contributed by atoms with Gasteiger partial charge in [0.15, 0.2) is 0 Å². The number of aryl methyl sites for hydroxylation is 1. The smallest absolute Gasteiger partial charge is 0.143 e. The van der Waals surface area contributed by atoms with E-state index in [0.717, 1.165) is 58.2 Å². The Bertz CT molecular complexity index is 1330. The van der Waals surface area contributed by atoms with Gasteiger partial charge < -0.3 is 9.47 Å². The molecular weight excluding hydrogens is 411 g/mol. The quantitative estimate of drug-likeness (QED) is 0.229. The van der Waals surface area contributed by atoms with Crippen molar-refractivity contribution < 1.29 is 13.9 Å². The van der Waals surface area contributed by atoms with E-state index in [1.165, 1.54) is 13.2 Å². The van der Waals surface area contributed by atoms with E-state index in [4.69, 9.17) is 9.47 Å². The molecule has 0 radical (unpaired) electrons. The van der Waals surface area contributed by atoms with Crippen molar-refractivity contribution >= 4 is 10.8 Å². The zero-order valence-corrected chi connectivity index (χ0v) is 19.2. The summed E-state index contributed by atoms with van der Waals surface area (Å²) in [5, 5.41) is 2.15. The van der Waals surface area contributed by atoms with E-state index in [-0.39, 0.29) is 5.56 Å². The van der Waals surface area contributed by atoms with Crippen molar-refractivity contribution in [3.05, 3.63) is 95.3 Å². The lowest BCUT2D eigenvalue weighted by atomic mass is 10.0. The maximum atomic E-state index is 15.0. The fraction of sp³-hybridized carbons (Fsp3) is 0.200. The lowest BCUT2D eigenvalue weighted by Gasteiger charge is -2.09. The van der Waals surface area contributed by atoms with Crippen LogP contribution < -0.4 is 9.47 Å². The van der Waals surface area contributed by atoms with E-state index < -0.39 is 5.82 Å². The van der Waals surface area contributed by atoms with Gasteiger partial charge in [0.1, 0.15) is 22.9 Å². The molecule has 0 aliphatic heterocycles. The molecular formula is C30H27FO2. The zero-order valence-electron chi connectivity index (χ0n) is 19.2. The molecule has 2 nitrogen and oxygen atoms in total. The van der Waals surface area contributed by atoms with Crippen molar-refractivity contribution in [2.24, 2.45) is 0 Å². The van der Waals surface area contributed by atoms with E-state index >= 15 is 0 Å². The molecule has 0 N–H and O–H groups in total. The number of hydrogen-bond acceptors (Lipinski definition) is 2. The van der Waals surface area contributed by atoms with Gasteiger partial charge in [-0.15, -0.1) is 0 Å². The maximum absolute atomic E-state index is 15.0. The topological polar surface area (TPSA) is 18.5 Å². The molecule has 0 amide bonds. The summed E-state index contributed by atoms with van der Waals surface area (Å²) >= 11 is 0. The lowest BCUT2D eigenvalue weighted by molar-refractivity contribution is 0.310. The van der Waals surface area contributed by atoms with Gasteiger partial charge >= 0.3 is 0 Å². The third kappa shape index (κ3) is 5.35. The lowest BCUT2D eigenvalue weighted by Crippen LogP contribution is -1.96. The van der Waals surface area contributed by atoms with Crippen LogP contribution in [-0.4, -0.2) is 13.7 Å². The van der Waals surface area contributed by atoms with E-state index in [2.05, 4.69) is 18.8 Å². The largest absolute Gasteiger partial charge is 0.495 e. The van der Waals surface area contributed by atoms with Crippen molar-refractivity contribution in [3.8, 4) is 34.5 Å². The number of rotatable bonds is 6. The van der Waals surface area contributed by atoms with E-state index in [1.54, 1.807) is 0 Å². The van der Waals surface area contributed by atoms with Gasteiger partial charge in [-0.3, -0.25) is 0 Å². The second-order valence-electron chi connectivity index (χ2n) is 8.08. The minimum Gasteiger partial charge on any atom is -0.495 e. The van der Waals surface area contributed by atoms with Crippen LogP contribution in [0.2, 0.25) is 0 Å². The third-order valence-corrected chi connectivity index (χ3v) is 5.57. The van der Waals surface area contributed by atoms with Gasteiger partial charge in [0.2, 0.25) is 0 Å². The summed E-state index contributed by atoms with van der Waals surface area (Å²) in [6.45, 7) is 4.89. The number of halogens is 1. The highest BCUT2D eigenvalue weighted by molar-refractivity contribution is 5.85. The Labute approximate surface area is 195 Å². The highest BCUT2D eigenvalue weighted by atomic mass is 19.1. The SMILES string of the molecule is CCCCOc1ccc2cc(C#Cc3c(F)cc(-c4ccc(C)cc4)cc3OC)ccc2c1. The Morgan fingerprint density at radius 1 is 0.818 bits per heavy atom. The number of unbranched alkanes of at least 4 members (excludes halogenated alkanes) is 1. The first-order valence-electron chi connectivity index (χ1n) is 11.2. The molecule has 0 spiro atoms. The van der Waals surface area contributed by atoms with Crippen LogP contribution in [0.4, 0.5) is 4.39 Å². The molecule has 4 aromatic carbocycles. The second kappa shape index (κ2) is 10.2. The summed E-state index contributed by atoms with van der Waals surface area (Å²) in [5.74, 6) is 6.96. The van der Waals surface area contributed by atoms with Gasteiger partial charge in [0, 0.05) is 5.56 Å². The molecule has 4 aromatic rings. The van der Waals surface area contributed by atoms with Crippen LogP contribution in [-0.2, 0) is 0 Å². The molecule has 0 heterocycles. The average molecular weight is 439 g/mol. The molecule has 33 heavy (non-hydrogen) atoms. The highest BCUT2D eigenvalue weighted by Gasteiger charge is 2.11. The van der Waals surface area contributed by atoms with E-state index in [9.17, 15) is 4.39 Å². The Kier molecular flexibility index (Phi) is 6.95. The van der Waals surface area contributed by atoms with Gasteiger partial charge in [-0.05, 0) is 71.6 Å². The van der Waals surface area contributed by atoms with Gasteiger partial charge in [-0.1, -0.05) is 67.1 Å². The molecule has 0 saturated heterocycles. The average Bonchev–Trinajstić information content (AvgIpc) is 2.83. The van der Waals surface area contributed by atoms with Crippen molar-refractivity contribution in [2.45, 2.75) is 26.7 Å². The molecule has 0 fully saturated rings. The fourth-order valence-corrected chi connectivity index (χ4v) is 3.64. The highest BCUT2D eigenvalue weighted by Crippen LogP contribution is 2.30. The van der Waals surface area contributed by atoms with Crippen LogP contribution in [0.3, 0.4) is 0 Å². The van der Waals surface area contributed by atoms with Gasteiger partial charge in [-0.25, -0.2) is 4.39 Å². The number of hydrogen-bond donors (Lipinski definition) is 0. The first-order chi connectivity index (χ1) is 16.1. The summed E-state index contributed by atoms with van der Waals surface area (Å²) in [5.41, 5.74) is 3.92. The van der Waals surface area contributed by atoms with Crippen molar-refractivity contribution in [2.75, 3.05) is 13.7 Å². The Balaban J connectivity index is 1.61. The molecule has 0 bridgehead atoms. The van der Waals surface area contributed by atoms with E-state index in [0.29, 0.717) is 5.75 Å². The monoisotopic (exact) mass is 438 g/mol. The van der Waals surface area contributed by atoms with Crippen molar-refractivity contribution in [3.63, 3.8) is 0 Å². The Morgan fingerprint density at radius 2 is 1.58 bits per heavy atom. The summed E-state index contributed by atoms with van der Waals surface area (Å²) in [6, 6.07) is 23.3. The first-order valence-corrected chi connectivity index (χ1v) is 11.2. The van der Waals surface area contributed by atoms with Crippen LogP contribution in [0.25, 0.3) is 21.9 Å². The number of fused-ring (bicyclic) bond motifs is 1. The summed E-state index contributed by atoms with van der Waals surface area (Å²) in [4.78, 5) is 0. The second-order valence-corrected chi connectivity index (χ2v) is 8.08. The summed E-state index contributed by atoms with van der Waals surface area (Å²) < 4.78 is 26.3. The third-order valence-electron chi connectivity index (χ3n) is 5.57. The molecule has 0 saturated carbocycles. The summed E-state index contributed by atoms with van der Waals surface area (Å²) in [7, 11) is 1.54. The molecule has 4 rings (SSSR count). The standard InChI is InChI=1S/C30H27FO2/c1-4-5-16-33-27-14-13-24-17-22(8-12-25(24)18-27)9-15-28-29(31)19-26(20-30(28)32-3)23-10-6-21(2)7-11-23/h6-8,10-14,17-20H,4-5,16H2,1-3H3. The Hall–Kier alpha value is -3.77. The van der Waals surface area contributed by atoms with Crippen LogP contribution in [0.1, 0.15) is 36.5 Å². The first kappa shape index (κ1) is 22.4. The minimum absolute atomic E-state index is 0.258. The fourth-order valence-electron chi connectivity index (χ4n) is 3.64. The molecule has 0 atom stereocenters. The number of benzene rings is 4. The molecule has 0 unspecified atom stereocenters. The molecule has 0 aromatic heterocycles. The van der Waals surface area contributed by atoms with Gasteiger partial charge in [0.05, 0.1) is 13.7 Å².